The van der Waals surface area contributed by atoms with Gasteiger partial charge in [0.2, 0.25) is 5.91 Å². The molecule has 2 heterocycles. The van der Waals surface area contributed by atoms with Crippen LogP contribution in [0.25, 0.3) is 0 Å². The topological polar surface area (TPSA) is 92.2 Å². The lowest BCUT2D eigenvalue weighted by atomic mass is 10.2. The van der Waals surface area contributed by atoms with Gasteiger partial charge in [0.1, 0.15) is 6.54 Å². The van der Waals surface area contributed by atoms with E-state index < -0.39 is 0 Å². The van der Waals surface area contributed by atoms with E-state index in [1.807, 2.05) is 0 Å². The lowest BCUT2D eigenvalue weighted by Gasteiger charge is -2.14. The van der Waals surface area contributed by atoms with Gasteiger partial charge in [0.15, 0.2) is 0 Å². The molecular formula is C13H14N6O2. The lowest BCUT2D eigenvalue weighted by molar-refractivity contribution is -0.116. The predicted molar refractivity (Wildman–Crippen MR) is 75.8 cm³/mol. The molecule has 1 aromatic carbocycles. The first-order valence-electron chi connectivity index (χ1n) is 6.52. The molecule has 2 N–H and O–H groups in total. The third kappa shape index (κ3) is 2.99. The minimum Gasteiger partial charge on any atom is -0.336 e. The Morgan fingerprint density at radius 2 is 2.14 bits per heavy atom. The zero-order chi connectivity index (χ0) is 14.7. The van der Waals surface area contributed by atoms with Crippen molar-refractivity contribution < 1.29 is 9.59 Å². The first kappa shape index (κ1) is 13.1. The van der Waals surface area contributed by atoms with Crippen LogP contribution in [-0.4, -0.2) is 40.0 Å². The third-order valence-electron chi connectivity index (χ3n) is 3.10. The molecule has 0 atom stereocenters. The highest BCUT2D eigenvalue weighted by molar-refractivity contribution is 5.95. The Hall–Kier alpha value is -2.90. The van der Waals surface area contributed by atoms with Crippen molar-refractivity contribution >= 4 is 23.3 Å². The largest absolute Gasteiger partial charge is 0.336 e. The van der Waals surface area contributed by atoms with Crippen molar-refractivity contribution in [3.8, 4) is 0 Å². The van der Waals surface area contributed by atoms with Crippen molar-refractivity contribution in [1.82, 2.24) is 20.3 Å². The molecule has 0 bridgehead atoms. The second-order valence-electron chi connectivity index (χ2n) is 4.58. The molecular weight excluding hydrogens is 272 g/mol. The Balaban J connectivity index is 1.61. The highest BCUT2D eigenvalue weighted by Crippen LogP contribution is 2.19. The molecule has 0 radical (unpaired) electrons. The van der Waals surface area contributed by atoms with Crippen molar-refractivity contribution in [3.05, 3.63) is 36.7 Å². The van der Waals surface area contributed by atoms with E-state index in [9.17, 15) is 9.59 Å². The Labute approximate surface area is 120 Å². The number of amides is 3. The SMILES string of the molecule is O=C(Cn1ccnn1)Nc1ccc(N2CCNC2=O)cc1. The summed E-state index contributed by atoms with van der Waals surface area (Å²) in [4.78, 5) is 25.0. The quantitative estimate of drug-likeness (QED) is 0.853. The van der Waals surface area contributed by atoms with Gasteiger partial charge in [0.05, 0.1) is 6.20 Å². The van der Waals surface area contributed by atoms with E-state index in [4.69, 9.17) is 0 Å². The molecule has 0 spiro atoms. The molecule has 1 aromatic heterocycles. The van der Waals surface area contributed by atoms with Crippen LogP contribution in [0.15, 0.2) is 36.7 Å². The fourth-order valence-corrected chi connectivity index (χ4v) is 2.11. The van der Waals surface area contributed by atoms with Crippen molar-refractivity contribution in [1.29, 1.82) is 0 Å². The van der Waals surface area contributed by atoms with Gasteiger partial charge in [0, 0.05) is 30.7 Å². The van der Waals surface area contributed by atoms with Crippen LogP contribution in [0.5, 0.6) is 0 Å². The van der Waals surface area contributed by atoms with Gasteiger partial charge in [0.25, 0.3) is 0 Å². The molecule has 108 valence electrons. The van der Waals surface area contributed by atoms with Gasteiger partial charge in [-0.25, -0.2) is 9.48 Å². The van der Waals surface area contributed by atoms with Crippen LogP contribution >= 0.6 is 0 Å². The first-order valence-corrected chi connectivity index (χ1v) is 6.52. The molecule has 1 fully saturated rings. The molecule has 3 amide bonds. The average Bonchev–Trinajstić information content (AvgIpc) is 3.11. The van der Waals surface area contributed by atoms with E-state index in [0.29, 0.717) is 18.8 Å². The average molecular weight is 286 g/mol. The second-order valence-corrected chi connectivity index (χ2v) is 4.58. The highest BCUT2D eigenvalue weighted by Gasteiger charge is 2.20. The molecule has 0 unspecified atom stereocenters. The maximum Gasteiger partial charge on any atom is 0.321 e. The van der Waals surface area contributed by atoms with Crippen LogP contribution in [0.2, 0.25) is 0 Å². The van der Waals surface area contributed by atoms with Gasteiger partial charge in [-0.05, 0) is 24.3 Å². The number of carbonyl (C=O) groups is 2. The number of carbonyl (C=O) groups excluding carboxylic acids is 2. The van der Waals surface area contributed by atoms with Gasteiger partial charge in [-0.3, -0.25) is 9.69 Å². The van der Waals surface area contributed by atoms with Gasteiger partial charge in [-0.2, -0.15) is 0 Å². The van der Waals surface area contributed by atoms with E-state index in [1.165, 1.54) is 10.9 Å². The fourth-order valence-electron chi connectivity index (χ4n) is 2.11. The zero-order valence-corrected chi connectivity index (χ0v) is 11.2. The number of rotatable bonds is 4. The predicted octanol–water partition coefficient (Wildman–Crippen LogP) is 0.446. The van der Waals surface area contributed by atoms with E-state index in [0.717, 1.165) is 5.69 Å². The van der Waals surface area contributed by atoms with Crippen LogP contribution in [0.3, 0.4) is 0 Å². The number of benzene rings is 1. The molecule has 8 heteroatoms. The van der Waals surface area contributed by atoms with Gasteiger partial charge >= 0.3 is 6.03 Å². The van der Waals surface area contributed by atoms with Crippen molar-refractivity contribution in [2.24, 2.45) is 0 Å². The molecule has 2 aromatic rings. The van der Waals surface area contributed by atoms with E-state index in [-0.39, 0.29) is 18.5 Å². The first-order chi connectivity index (χ1) is 10.2. The normalized spacial score (nSPS) is 14.1. The third-order valence-corrected chi connectivity index (χ3v) is 3.10. The molecule has 1 saturated heterocycles. The van der Waals surface area contributed by atoms with Crippen LogP contribution < -0.4 is 15.5 Å². The van der Waals surface area contributed by atoms with Crippen LogP contribution in [0.4, 0.5) is 16.2 Å². The number of urea groups is 1. The smallest absolute Gasteiger partial charge is 0.321 e. The number of hydrogen-bond acceptors (Lipinski definition) is 4. The molecule has 0 saturated carbocycles. The summed E-state index contributed by atoms with van der Waals surface area (Å²) in [5.41, 5.74) is 1.47. The Morgan fingerprint density at radius 3 is 2.76 bits per heavy atom. The van der Waals surface area contributed by atoms with Gasteiger partial charge in [-0.15, -0.1) is 5.10 Å². The van der Waals surface area contributed by atoms with Crippen molar-refractivity contribution in [3.63, 3.8) is 0 Å². The summed E-state index contributed by atoms with van der Waals surface area (Å²) in [5, 5.41) is 12.9. The summed E-state index contributed by atoms with van der Waals surface area (Å²) in [7, 11) is 0. The summed E-state index contributed by atoms with van der Waals surface area (Å²) in [6, 6.07) is 7.03. The van der Waals surface area contributed by atoms with Gasteiger partial charge < -0.3 is 10.6 Å². The van der Waals surface area contributed by atoms with Crippen LogP contribution in [0, 0.1) is 0 Å². The molecule has 8 nitrogen and oxygen atoms in total. The molecule has 3 rings (SSSR count). The standard InChI is InChI=1S/C13H14N6O2/c20-12(9-18-7-6-15-17-18)16-10-1-3-11(4-2-10)19-8-5-14-13(19)21/h1-4,6-7H,5,8-9H2,(H,14,21)(H,16,20). The molecule has 0 aliphatic carbocycles. The number of aromatic nitrogens is 3. The maximum atomic E-state index is 11.8. The Bertz CT molecular complexity index is 637. The summed E-state index contributed by atoms with van der Waals surface area (Å²) in [6.07, 6.45) is 3.14. The number of anilines is 2. The second kappa shape index (κ2) is 5.61. The Morgan fingerprint density at radius 1 is 1.33 bits per heavy atom. The van der Waals surface area contributed by atoms with Crippen LogP contribution in [-0.2, 0) is 11.3 Å². The minimum absolute atomic E-state index is 0.0991. The van der Waals surface area contributed by atoms with Gasteiger partial charge in [-0.1, -0.05) is 5.21 Å². The summed E-state index contributed by atoms with van der Waals surface area (Å²) < 4.78 is 1.44. The van der Waals surface area contributed by atoms with E-state index in [2.05, 4.69) is 20.9 Å². The van der Waals surface area contributed by atoms with Crippen LogP contribution in [0.1, 0.15) is 0 Å². The van der Waals surface area contributed by atoms with E-state index >= 15 is 0 Å². The summed E-state index contributed by atoms with van der Waals surface area (Å²) in [5.74, 6) is -0.188. The molecule has 1 aliphatic rings. The van der Waals surface area contributed by atoms with Crippen molar-refractivity contribution in [2.45, 2.75) is 6.54 Å². The number of hydrogen-bond donors (Lipinski definition) is 2. The van der Waals surface area contributed by atoms with Crippen molar-refractivity contribution in [2.75, 3.05) is 23.3 Å². The number of nitrogens with one attached hydrogen (secondary N) is 2. The highest BCUT2D eigenvalue weighted by atomic mass is 16.2. The monoisotopic (exact) mass is 286 g/mol. The lowest BCUT2D eigenvalue weighted by Crippen LogP contribution is -2.27. The molecule has 1 aliphatic heterocycles. The Kier molecular flexibility index (Phi) is 3.50. The minimum atomic E-state index is -0.188. The number of nitrogens with zero attached hydrogens (tertiary/aromatic N) is 4. The zero-order valence-electron chi connectivity index (χ0n) is 11.2. The molecule has 21 heavy (non-hydrogen) atoms. The maximum absolute atomic E-state index is 11.8. The summed E-state index contributed by atoms with van der Waals surface area (Å²) in [6.45, 7) is 1.41. The summed E-state index contributed by atoms with van der Waals surface area (Å²) >= 11 is 0. The fraction of sp³-hybridized carbons (Fsp3) is 0.231. The van der Waals surface area contributed by atoms with E-state index in [1.54, 1.807) is 35.4 Å².